The van der Waals surface area contributed by atoms with Crippen LogP contribution in [-0.2, 0) is 16.1 Å². The van der Waals surface area contributed by atoms with Crippen molar-refractivity contribution in [2.75, 3.05) is 6.61 Å². The smallest absolute Gasteiger partial charge is 0.331 e. The molecule has 0 aliphatic heterocycles. The predicted molar refractivity (Wildman–Crippen MR) is 93.6 cm³/mol. The highest BCUT2D eigenvalue weighted by atomic mass is 16.5. The number of ether oxygens (including phenoxy) is 1. The Kier molecular flexibility index (Phi) is 6.98. The van der Waals surface area contributed by atoms with Gasteiger partial charge in [-0.2, -0.15) is 0 Å². The molecule has 2 aromatic rings. The molecule has 132 valence electrons. The van der Waals surface area contributed by atoms with Gasteiger partial charge in [0.2, 0.25) is 0 Å². The van der Waals surface area contributed by atoms with Crippen LogP contribution in [0.25, 0.3) is 0 Å². The fourth-order valence-electron chi connectivity index (χ4n) is 2.31. The molecule has 0 fully saturated rings. The molecule has 0 heterocycles. The lowest BCUT2D eigenvalue weighted by atomic mass is 10.0. The molecule has 0 bridgehead atoms. The fraction of sp³-hybridized carbons (Fsp3) is 0.263. The number of esters is 1. The molecule has 0 aliphatic rings. The molecule has 0 spiro atoms. The van der Waals surface area contributed by atoms with Crippen molar-refractivity contribution in [3.63, 3.8) is 0 Å². The molecule has 2 atom stereocenters. The SMILES string of the molecule is CCOC(=O)C(NC(=O)NCc1ccccc1)C(O)c1ccccc1. The third kappa shape index (κ3) is 5.61. The van der Waals surface area contributed by atoms with Gasteiger partial charge in [-0.15, -0.1) is 0 Å². The molecule has 2 aromatic carbocycles. The number of rotatable bonds is 7. The predicted octanol–water partition coefficient (Wildman–Crippen LogP) is 2.15. The minimum absolute atomic E-state index is 0.157. The van der Waals surface area contributed by atoms with E-state index in [0.29, 0.717) is 12.1 Å². The number of carbonyl (C=O) groups is 2. The molecule has 2 unspecified atom stereocenters. The zero-order valence-electron chi connectivity index (χ0n) is 14.0. The lowest BCUT2D eigenvalue weighted by Gasteiger charge is -2.23. The highest BCUT2D eigenvalue weighted by Crippen LogP contribution is 2.17. The maximum Gasteiger partial charge on any atom is 0.331 e. The van der Waals surface area contributed by atoms with Crippen LogP contribution in [0.3, 0.4) is 0 Å². The van der Waals surface area contributed by atoms with E-state index in [1.165, 1.54) is 0 Å². The molecular weight excluding hydrogens is 320 g/mol. The molecule has 25 heavy (non-hydrogen) atoms. The Labute approximate surface area is 146 Å². The average Bonchev–Trinajstić information content (AvgIpc) is 2.65. The van der Waals surface area contributed by atoms with Crippen LogP contribution in [0.1, 0.15) is 24.2 Å². The minimum Gasteiger partial charge on any atom is -0.464 e. The van der Waals surface area contributed by atoms with E-state index < -0.39 is 24.1 Å². The summed E-state index contributed by atoms with van der Waals surface area (Å²) in [5, 5.41) is 15.6. The highest BCUT2D eigenvalue weighted by molar-refractivity contribution is 5.84. The quantitative estimate of drug-likeness (QED) is 0.673. The summed E-state index contributed by atoms with van der Waals surface area (Å²) in [5.74, 6) is -0.686. The first-order valence-corrected chi connectivity index (χ1v) is 8.09. The standard InChI is InChI=1S/C19H22N2O4/c1-2-25-18(23)16(17(22)15-11-7-4-8-12-15)21-19(24)20-13-14-9-5-3-6-10-14/h3-12,16-17,22H,2,13H2,1H3,(H2,20,21,24). The first-order chi connectivity index (χ1) is 12.1. The van der Waals surface area contributed by atoms with Gasteiger partial charge in [-0.3, -0.25) is 0 Å². The zero-order chi connectivity index (χ0) is 18.1. The van der Waals surface area contributed by atoms with Crippen LogP contribution >= 0.6 is 0 Å². The first-order valence-electron chi connectivity index (χ1n) is 8.09. The molecule has 6 heteroatoms. The first kappa shape index (κ1) is 18.5. The van der Waals surface area contributed by atoms with Gasteiger partial charge in [-0.1, -0.05) is 60.7 Å². The van der Waals surface area contributed by atoms with Gasteiger partial charge in [0, 0.05) is 6.54 Å². The number of urea groups is 1. The molecule has 0 aromatic heterocycles. The Morgan fingerprint density at radius 2 is 1.64 bits per heavy atom. The van der Waals surface area contributed by atoms with Crippen LogP contribution in [0, 0.1) is 0 Å². The normalized spacial score (nSPS) is 12.7. The van der Waals surface area contributed by atoms with E-state index in [0.717, 1.165) is 5.56 Å². The summed E-state index contributed by atoms with van der Waals surface area (Å²) in [7, 11) is 0. The Bertz CT molecular complexity index is 676. The number of benzene rings is 2. The van der Waals surface area contributed by atoms with Gasteiger partial charge in [0.1, 0.15) is 6.10 Å². The lowest BCUT2D eigenvalue weighted by molar-refractivity contribution is -0.148. The van der Waals surface area contributed by atoms with Crippen molar-refractivity contribution >= 4 is 12.0 Å². The van der Waals surface area contributed by atoms with Gasteiger partial charge < -0.3 is 20.5 Å². The Morgan fingerprint density at radius 3 is 2.24 bits per heavy atom. The summed E-state index contributed by atoms with van der Waals surface area (Å²) in [4.78, 5) is 24.3. The summed E-state index contributed by atoms with van der Waals surface area (Å²) in [6.07, 6.45) is -1.21. The van der Waals surface area contributed by atoms with Crippen molar-refractivity contribution in [1.82, 2.24) is 10.6 Å². The van der Waals surface area contributed by atoms with Gasteiger partial charge in [0.05, 0.1) is 6.61 Å². The van der Waals surface area contributed by atoms with Crippen LogP contribution < -0.4 is 10.6 Å². The van der Waals surface area contributed by atoms with E-state index >= 15 is 0 Å². The van der Waals surface area contributed by atoms with E-state index in [9.17, 15) is 14.7 Å². The molecule has 6 nitrogen and oxygen atoms in total. The van der Waals surface area contributed by atoms with Crippen molar-refractivity contribution in [2.45, 2.75) is 25.6 Å². The van der Waals surface area contributed by atoms with Gasteiger partial charge in [-0.05, 0) is 18.1 Å². The summed E-state index contributed by atoms with van der Waals surface area (Å²) >= 11 is 0. The van der Waals surface area contributed by atoms with E-state index in [1.807, 2.05) is 30.3 Å². The largest absolute Gasteiger partial charge is 0.464 e. The van der Waals surface area contributed by atoms with Crippen LogP contribution in [0.5, 0.6) is 0 Å². The van der Waals surface area contributed by atoms with E-state index in [-0.39, 0.29) is 6.61 Å². The molecule has 2 amide bonds. The molecule has 2 rings (SSSR count). The maximum atomic E-state index is 12.1. The fourth-order valence-corrected chi connectivity index (χ4v) is 2.31. The number of aliphatic hydroxyl groups excluding tert-OH is 1. The molecule has 0 aliphatic carbocycles. The maximum absolute atomic E-state index is 12.1. The van der Waals surface area contributed by atoms with E-state index in [2.05, 4.69) is 10.6 Å². The van der Waals surface area contributed by atoms with Crippen molar-refractivity contribution in [1.29, 1.82) is 0 Å². The second-order valence-electron chi connectivity index (χ2n) is 5.40. The summed E-state index contributed by atoms with van der Waals surface area (Å²) < 4.78 is 4.97. The van der Waals surface area contributed by atoms with Crippen molar-refractivity contribution < 1.29 is 19.4 Å². The van der Waals surface area contributed by atoms with Gasteiger partial charge in [0.25, 0.3) is 0 Å². The Hall–Kier alpha value is -2.86. The molecule has 3 N–H and O–H groups in total. The average molecular weight is 342 g/mol. The van der Waals surface area contributed by atoms with Gasteiger partial charge >= 0.3 is 12.0 Å². The Morgan fingerprint density at radius 1 is 1.04 bits per heavy atom. The van der Waals surface area contributed by atoms with Crippen LogP contribution in [-0.4, -0.2) is 29.8 Å². The number of hydrogen-bond donors (Lipinski definition) is 3. The van der Waals surface area contributed by atoms with E-state index in [4.69, 9.17) is 4.74 Å². The molecule has 0 radical (unpaired) electrons. The lowest BCUT2D eigenvalue weighted by Crippen LogP contribution is -2.49. The molecule has 0 saturated heterocycles. The third-order valence-corrected chi connectivity index (χ3v) is 3.58. The van der Waals surface area contributed by atoms with Crippen LogP contribution in [0.4, 0.5) is 4.79 Å². The molecular formula is C19H22N2O4. The van der Waals surface area contributed by atoms with Crippen molar-refractivity contribution in [3.8, 4) is 0 Å². The summed E-state index contributed by atoms with van der Waals surface area (Å²) in [6.45, 7) is 2.13. The summed E-state index contributed by atoms with van der Waals surface area (Å²) in [5.41, 5.74) is 1.44. The van der Waals surface area contributed by atoms with Crippen LogP contribution in [0.2, 0.25) is 0 Å². The van der Waals surface area contributed by atoms with Gasteiger partial charge in [-0.25, -0.2) is 9.59 Å². The minimum atomic E-state index is -1.21. The van der Waals surface area contributed by atoms with Gasteiger partial charge in [0.15, 0.2) is 6.04 Å². The van der Waals surface area contributed by atoms with Crippen molar-refractivity contribution in [3.05, 3.63) is 71.8 Å². The second kappa shape index (κ2) is 9.44. The topological polar surface area (TPSA) is 87.7 Å². The zero-order valence-corrected chi connectivity index (χ0v) is 14.0. The third-order valence-electron chi connectivity index (χ3n) is 3.58. The van der Waals surface area contributed by atoms with E-state index in [1.54, 1.807) is 37.3 Å². The van der Waals surface area contributed by atoms with Crippen molar-refractivity contribution in [2.24, 2.45) is 0 Å². The number of amides is 2. The number of aliphatic hydroxyl groups is 1. The number of hydrogen-bond acceptors (Lipinski definition) is 4. The Balaban J connectivity index is 2.02. The number of carbonyl (C=O) groups excluding carboxylic acids is 2. The number of nitrogens with one attached hydrogen (secondary N) is 2. The summed E-state index contributed by atoms with van der Waals surface area (Å²) in [6, 6.07) is 16.3. The second-order valence-corrected chi connectivity index (χ2v) is 5.40. The van der Waals surface area contributed by atoms with Crippen LogP contribution in [0.15, 0.2) is 60.7 Å². The monoisotopic (exact) mass is 342 g/mol. The molecule has 0 saturated carbocycles. The highest BCUT2D eigenvalue weighted by Gasteiger charge is 2.30.